The number of hydrogen-bond acceptors (Lipinski definition) is 4. The fourth-order valence-corrected chi connectivity index (χ4v) is 3.67. The SMILES string of the molecule is CN(CCO)c1ccc([C@H]2Nc3ccccc3C(=O)N2c2ccc(Cl)cc2)cc1. The van der Waals surface area contributed by atoms with E-state index < -0.39 is 0 Å². The number of carbonyl (C=O) groups excluding carboxylic acids is 1. The second-order valence-corrected chi connectivity index (χ2v) is 7.42. The van der Waals surface area contributed by atoms with Crippen LogP contribution in [0.3, 0.4) is 0 Å². The van der Waals surface area contributed by atoms with Crippen molar-refractivity contribution in [3.63, 3.8) is 0 Å². The van der Waals surface area contributed by atoms with Gasteiger partial charge in [0.05, 0.1) is 12.2 Å². The summed E-state index contributed by atoms with van der Waals surface area (Å²) in [7, 11) is 1.93. The summed E-state index contributed by atoms with van der Waals surface area (Å²) >= 11 is 6.05. The minimum absolute atomic E-state index is 0.0619. The van der Waals surface area contributed by atoms with Gasteiger partial charge >= 0.3 is 0 Å². The first-order chi connectivity index (χ1) is 14.1. The van der Waals surface area contributed by atoms with Crippen LogP contribution in [0.5, 0.6) is 0 Å². The smallest absolute Gasteiger partial charge is 0.262 e. The van der Waals surface area contributed by atoms with E-state index in [2.05, 4.69) is 5.32 Å². The van der Waals surface area contributed by atoms with Gasteiger partial charge in [0.25, 0.3) is 5.91 Å². The minimum atomic E-state index is -0.351. The Balaban J connectivity index is 1.74. The van der Waals surface area contributed by atoms with Crippen LogP contribution in [0.2, 0.25) is 5.02 Å². The number of amides is 1. The summed E-state index contributed by atoms with van der Waals surface area (Å²) in [4.78, 5) is 17.1. The molecule has 0 aliphatic carbocycles. The molecule has 4 rings (SSSR count). The predicted octanol–water partition coefficient (Wildman–Crippen LogP) is 4.54. The van der Waals surface area contributed by atoms with E-state index in [1.165, 1.54) is 0 Å². The Labute approximate surface area is 175 Å². The van der Waals surface area contributed by atoms with Gasteiger partial charge < -0.3 is 15.3 Å². The third-order valence-corrected chi connectivity index (χ3v) is 5.37. The first-order valence-electron chi connectivity index (χ1n) is 9.45. The highest BCUT2D eigenvalue weighted by Crippen LogP contribution is 2.37. The Bertz CT molecular complexity index is 1010. The highest BCUT2D eigenvalue weighted by atomic mass is 35.5. The number of carbonyl (C=O) groups is 1. The Hall–Kier alpha value is -3.02. The molecule has 2 N–H and O–H groups in total. The summed E-state index contributed by atoms with van der Waals surface area (Å²) < 4.78 is 0. The zero-order valence-corrected chi connectivity index (χ0v) is 16.8. The second kappa shape index (κ2) is 8.15. The molecule has 0 saturated carbocycles. The number of para-hydroxylation sites is 1. The van der Waals surface area contributed by atoms with Gasteiger partial charge in [-0.25, -0.2) is 0 Å². The molecule has 1 aliphatic heterocycles. The van der Waals surface area contributed by atoms with Gasteiger partial charge in [0, 0.05) is 35.7 Å². The Morgan fingerprint density at radius 1 is 1.03 bits per heavy atom. The molecule has 0 spiro atoms. The number of nitrogens with zero attached hydrogens (tertiary/aromatic N) is 2. The van der Waals surface area contributed by atoms with Crippen molar-refractivity contribution in [3.8, 4) is 0 Å². The van der Waals surface area contributed by atoms with Crippen LogP contribution in [-0.4, -0.2) is 31.2 Å². The molecule has 1 amide bonds. The Morgan fingerprint density at radius 3 is 2.41 bits per heavy atom. The van der Waals surface area contributed by atoms with Crippen LogP contribution in [0.15, 0.2) is 72.8 Å². The van der Waals surface area contributed by atoms with Gasteiger partial charge in [0.1, 0.15) is 6.17 Å². The van der Waals surface area contributed by atoms with E-state index in [4.69, 9.17) is 16.7 Å². The van der Waals surface area contributed by atoms with Crippen LogP contribution < -0.4 is 15.1 Å². The number of nitrogens with one attached hydrogen (secondary N) is 1. The van der Waals surface area contributed by atoms with E-state index in [1.807, 2.05) is 72.6 Å². The van der Waals surface area contributed by atoms with Crippen molar-refractivity contribution in [2.75, 3.05) is 35.3 Å². The minimum Gasteiger partial charge on any atom is -0.395 e. The van der Waals surface area contributed by atoms with Crippen LogP contribution in [0.25, 0.3) is 0 Å². The summed E-state index contributed by atoms with van der Waals surface area (Å²) in [5.74, 6) is -0.0619. The van der Waals surface area contributed by atoms with E-state index in [1.54, 1.807) is 17.0 Å². The van der Waals surface area contributed by atoms with Gasteiger partial charge in [0.2, 0.25) is 0 Å². The average molecular weight is 408 g/mol. The van der Waals surface area contributed by atoms with Gasteiger partial charge in [-0.05, 0) is 54.1 Å². The van der Waals surface area contributed by atoms with E-state index in [9.17, 15) is 4.79 Å². The fraction of sp³-hybridized carbons (Fsp3) is 0.174. The number of fused-ring (bicyclic) bond motifs is 1. The summed E-state index contributed by atoms with van der Waals surface area (Å²) in [5.41, 5.74) is 4.19. The number of aliphatic hydroxyl groups excluding tert-OH is 1. The lowest BCUT2D eigenvalue weighted by Gasteiger charge is -2.38. The van der Waals surface area contributed by atoms with Gasteiger partial charge in [-0.1, -0.05) is 35.9 Å². The monoisotopic (exact) mass is 407 g/mol. The molecule has 3 aromatic rings. The summed E-state index contributed by atoms with van der Waals surface area (Å²) in [5, 5.41) is 13.3. The van der Waals surface area contributed by atoms with Crippen molar-refractivity contribution in [1.29, 1.82) is 0 Å². The number of anilines is 3. The maximum atomic E-state index is 13.4. The van der Waals surface area contributed by atoms with Crippen molar-refractivity contribution >= 4 is 34.6 Å². The molecule has 0 unspecified atom stereocenters. The van der Waals surface area contributed by atoms with E-state index in [-0.39, 0.29) is 18.7 Å². The van der Waals surface area contributed by atoms with Crippen molar-refractivity contribution in [2.24, 2.45) is 0 Å². The molecule has 148 valence electrons. The highest BCUT2D eigenvalue weighted by Gasteiger charge is 2.33. The van der Waals surface area contributed by atoms with Crippen LogP contribution in [0.1, 0.15) is 22.1 Å². The molecule has 6 heteroatoms. The molecule has 0 fully saturated rings. The first kappa shape index (κ1) is 19.3. The lowest BCUT2D eigenvalue weighted by Crippen LogP contribution is -2.43. The van der Waals surface area contributed by atoms with Gasteiger partial charge in [0.15, 0.2) is 0 Å². The molecule has 1 aliphatic rings. The summed E-state index contributed by atoms with van der Waals surface area (Å²) in [6.45, 7) is 0.655. The van der Waals surface area contributed by atoms with Crippen molar-refractivity contribution < 1.29 is 9.90 Å². The van der Waals surface area contributed by atoms with Crippen molar-refractivity contribution in [2.45, 2.75) is 6.17 Å². The second-order valence-electron chi connectivity index (χ2n) is 6.98. The normalized spacial score (nSPS) is 15.6. The van der Waals surface area contributed by atoms with E-state index in [0.717, 1.165) is 22.6 Å². The molecule has 5 nitrogen and oxygen atoms in total. The summed E-state index contributed by atoms with van der Waals surface area (Å²) in [6.07, 6.45) is -0.351. The van der Waals surface area contributed by atoms with Gasteiger partial charge in [-0.3, -0.25) is 9.69 Å². The topological polar surface area (TPSA) is 55.8 Å². The lowest BCUT2D eigenvalue weighted by atomic mass is 10.0. The number of halogens is 1. The van der Waals surface area contributed by atoms with E-state index >= 15 is 0 Å². The number of hydrogen-bond donors (Lipinski definition) is 2. The zero-order chi connectivity index (χ0) is 20.4. The molecule has 1 atom stereocenters. The fourth-order valence-electron chi connectivity index (χ4n) is 3.54. The average Bonchev–Trinajstić information content (AvgIpc) is 2.75. The zero-order valence-electron chi connectivity index (χ0n) is 16.0. The molecule has 0 radical (unpaired) electrons. The third-order valence-electron chi connectivity index (χ3n) is 5.12. The molecular formula is C23H22ClN3O2. The lowest BCUT2D eigenvalue weighted by molar-refractivity contribution is 0.0975. The summed E-state index contributed by atoms with van der Waals surface area (Å²) in [6, 6.07) is 22.8. The van der Waals surface area contributed by atoms with Gasteiger partial charge in [-0.15, -0.1) is 0 Å². The van der Waals surface area contributed by atoms with Crippen LogP contribution in [0.4, 0.5) is 17.1 Å². The molecule has 3 aromatic carbocycles. The first-order valence-corrected chi connectivity index (χ1v) is 9.83. The van der Waals surface area contributed by atoms with Crippen molar-refractivity contribution in [3.05, 3.63) is 88.9 Å². The van der Waals surface area contributed by atoms with E-state index in [0.29, 0.717) is 17.1 Å². The Kier molecular flexibility index (Phi) is 5.43. The maximum Gasteiger partial charge on any atom is 0.262 e. The number of likely N-dealkylation sites (N-methyl/N-ethyl adjacent to an activating group) is 1. The van der Waals surface area contributed by atoms with Crippen LogP contribution in [-0.2, 0) is 0 Å². The van der Waals surface area contributed by atoms with Crippen LogP contribution >= 0.6 is 11.6 Å². The van der Waals surface area contributed by atoms with Crippen LogP contribution in [0, 0.1) is 0 Å². The number of benzene rings is 3. The number of aliphatic hydroxyl groups is 1. The molecule has 0 aromatic heterocycles. The predicted molar refractivity (Wildman–Crippen MR) is 118 cm³/mol. The van der Waals surface area contributed by atoms with Gasteiger partial charge in [-0.2, -0.15) is 0 Å². The molecule has 1 heterocycles. The molecular weight excluding hydrogens is 386 g/mol. The Morgan fingerprint density at radius 2 is 1.72 bits per heavy atom. The molecule has 0 saturated heterocycles. The molecule has 0 bridgehead atoms. The number of rotatable bonds is 5. The largest absolute Gasteiger partial charge is 0.395 e. The standard InChI is InChI=1S/C23H22ClN3O2/c1-26(14-15-28)18-10-6-16(7-11-18)22-25-21-5-3-2-4-20(21)23(29)27(22)19-12-8-17(24)9-13-19/h2-13,22,25,28H,14-15H2,1H3/t22-/m0/s1. The maximum absolute atomic E-state index is 13.4. The quantitative estimate of drug-likeness (QED) is 0.652. The third kappa shape index (κ3) is 3.79. The molecule has 29 heavy (non-hydrogen) atoms. The highest BCUT2D eigenvalue weighted by molar-refractivity contribution is 6.30. The van der Waals surface area contributed by atoms with Crippen molar-refractivity contribution in [1.82, 2.24) is 0 Å².